The normalized spacial score (nSPS) is 16.5. The first-order valence-electron chi connectivity index (χ1n) is 6.57. The third kappa shape index (κ3) is 3.49. The molecule has 2 rings (SSSR count). The zero-order valence-electron chi connectivity index (χ0n) is 11.4. The number of nitrogens with one attached hydrogen (secondary N) is 1. The summed E-state index contributed by atoms with van der Waals surface area (Å²) in [5, 5.41) is 11.4. The molecule has 1 aliphatic rings. The van der Waals surface area contributed by atoms with Crippen molar-refractivity contribution in [3.05, 3.63) is 29.8 Å². The summed E-state index contributed by atoms with van der Waals surface area (Å²) in [6, 6.07) is 4.13. The number of halogens is 3. The first-order chi connectivity index (χ1) is 10.2. The van der Waals surface area contributed by atoms with Gasteiger partial charge in [-0.25, -0.2) is 4.79 Å². The highest BCUT2D eigenvalue weighted by atomic mass is 19.4. The maximum absolute atomic E-state index is 12.5. The summed E-state index contributed by atoms with van der Waals surface area (Å²) < 4.78 is 42.6. The minimum atomic E-state index is -4.50. The molecule has 1 aromatic carbocycles. The van der Waals surface area contributed by atoms with Gasteiger partial charge in [0, 0.05) is 0 Å². The van der Waals surface area contributed by atoms with E-state index in [1.165, 1.54) is 12.1 Å². The molecule has 1 fully saturated rings. The Morgan fingerprint density at radius 1 is 1.32 bits per heavy atom. The fraction of sp³-hybridized carbons (Fsp3) is 0.429. The molecule has 0 unspecified atom stereocenters. The van der Waals surface area contributed by atoms with Crippen molar-refractivity contribution < 1.29 is 32.6 Å². The lowest BCUT2D eigenvalue weighted by Gasteiger charge is -2.38. The van der Waals surface area contributed by atoms with Crippen LogP contribution in [0.5, 0.6) is 5.75 Å². The molecule has 120 valence electrons. The standard InChI is InChI=1S/C14H14F3NO4/c15-14(16,17)9-3-1-4-10(7-9)22-8-11(19)18-13(12(20)21)5-2-6-13/h1,3-4,7H,2,5-6,8H2,(H,18,19)(H,20,21). The zero-order valence-corrected chi connectivity index (χ0v) is 11.4. The molecule has 1 aromatic rings. The fourth-order valence-electron chi connectivity index (χ4n) is 2.14. The number of benzene rings is 1. The molecule has 5 nitrogen and oxygen atoms in total. The number of carbonyl (C=O) groups is 2. The van der Waals surface area contributed by atoms with E-state index in [0.29, 0.717) is 19.3 Å². The van der Waals surface area contributed by atoms with E-state index in [4.69, 9.17) is 9.84 Å². The van der Waals surface area contributed by atoms with Gasteiger partial charge in [0.05, 0.1) is 5.56 Å². The molecule has 22 heavy (non-hydrogen) atoms. The van der Waals surface area contributed by atoms with Crippen molar-refractivity contribution in [3.63, 3.8) is 0 Å². The van der Waals surface area contributed by atoms with E-state index in [2.05, 4.69) is 5.32 Å². The van der Waals surface area contributed by atoms with Crippen LogP contribution in [0, 0.1) is 0 Å². The third-order valence-electron chi connectivity index (χ3n) is 3.53. The van der Waals surface area contributed by atoms with Gasteiger partial charge in [-0.3, -0.25) is 4.79 Å². The fourth-order valence-corrected chi connectivity index (χ4v) is 2.14. The SMILES string of the molecule is O=C(COc1cccc(C(F)(F)F)c1)NC1(C(=O)O)CCC1. The Bertz CT molecular complexity index is 582. The first-order valence-corrected chi connectivity index (χ1v) is 6.57. The number of hydrogen-bond donors (Lipinski definition) is 2. The second kappa shape index (κ2) is 5.86. The molecule has 0 aliphatic heterocycles. The predicted octanol–water partition coefficient (Wildman–Crippen LogP) is 2.21. The number of alkyl halides is 3. The van der Waals surface area contributed by atoms with Crippen LogP contribution >= 0.6 is 0 Å². The van der Waals surface area contributed by atoms with E-state index in [0.717, 1.165) is 12.1 Å². The van der Waals surface area contributed by atoms with E-state index in [1.807, 2.05) is 0 Å². The van der Waals surface area contributed by atoms with Crippen molar-refractivity contribution in [2.75, 3.05) is 6.61 Å². The summed E-state index contributed by atoms with van der Waals surface area (Å²) in [4.78, 5) is 22.8. The molecule has 0 radical (unpaired) electrons. The second-order valence-electron chi connectivity index (χ2n) is 5.10. The minimum Gasteiger partial charge on any atom is -0.484 e. The number of amides is 1. The largest absolute Gasteiger partial charge is 0.484 e. The summed E-state index contributed by atoms with van der Waals surface area (Å²) in [6.45, 7) is -0.545. The van der Waals surface area contributed by atoms with E-state index in [-0.39, 0.29) is 5.75 Å². The van der Waals surface area contributed by atoms with Crippen LogP contribution in [0.1, 0.15) is 24.8 Å². The highest BCUT2D eigenvalue weighted by molar-refractivity contribution is 5.88. The van der Waals surface area contributed by atoms with Gasteiger partial charge in [0.2, 0.25) is 0 Å². The summed E-state index contributed by atoms with van der Waals surface area (Å²) in [5.74, 6) is -1.91. The van der Waals surface area contributed by atoms with Crippen molar-refractivity contribution in [2.45, 2.75) is 31.0 Å². The highest BCUT2D eigenvalue weighted by Crippen LogP contribution is 2.32. The van der Waals surface area contributed by atoms with Gasteiger partial charge in [0.1, 0.15) is 11.3 Å². The Hall–Kier alpha value is -2.25. The Morgan fingerprint density at radius 2 is 2.00 bits per heavy atom. The minimum absolute atomic E-state index is 0.108. The van der Waals surface area contributed by atoms with Gasteiger partial charge >= 0.3 is 12.1 Å². The Kier molecular flexibility index (Phi) is 4.30. The molecule has 0 bridgehead atoms. The molecule has 0 aromatic heterocycles. The van der Waals surface area contributed by atoms with E-state index < -0.39 is 35.8 Å². The topological polar surface area (TPSA) is 75.6 Å². The lowest BCUT2D eigenvalue weighted by Crippen LogP contribution is -2.59. The van der Waals surface area contributed by atoms with Gasteiger partial charge in [-0.2, -0.15) is 13.2 Å². The summed E-state index contributed by atoms with van der Waals surface area (Å²) >= 11 is 0. The van der Waals surface area contributed by atoms with Crippen molar-refractivity contribution in [1.29, 1.82) is 0 Å². The van der Waals surface area contributed by atoms with Crippen molar-refractivity contribution in [1.82, 2.24) is 5.32 Å². The van der Waals surface area contributed by atoms with Gasteiger partial charge < -0.3 is 15.2 Å². The Morgan fingerprint density at radius 3 is 2.50 bits per heavy atom. The van der Waals surface area contributed by atoms with Gasteiger partial charge in [-0.15, -0.1) is 0 Å². The number of aliphatic carboxylic acids is 1. The number of hydrogen-bond acceptors (Lipinski definition) is 3. The molecular weight excluding hydrogens is 303 g/mol. The summed E-state index contributed by atoms with van der Waals surface area (Å²) in [7, 11) is 0. The quantitative estimate of drug-likeness (QED) is 0.873. The van der Waals surface area contributed by atoms with Crippen LogP contribution in [0.2, 0.25) is 0 Å². The van der Waals surface area contributed by atoms with Crippen LogP contribution in [0.25, 0.3) is 0 Å². The van der Waals surface area contributed by atoms with Gasteiger partial charge in [-0.1, -0.05) is 6.07 Å². The van der Waals surface area contributed by atoms with Crippen molar-refractivity contribution >= 4 is 11.9 Å². The van der Waals surface area contributed by atoms with Gasteiger partial charge in [0.15, 0.2) is 6.61 Å². The van der Waals surface area contributed by atoms with E-state index in [9.17, 15) is 22.8 Å². The van der Waals surface area contributed by atoms with Crippen LogP contribution in [-0.2, 0) is 15.8 Å². The molecule has 0 saturated heterocycles. The molecule has 0 spiro atoms. The highest BCUT2D eigenvalue weighted by Gasteiger charge is 2.45. The summed E-state index contributed by atoms with van der Waals surface area (Å²) in [6.07, 6.45) is -3.14. The maximum Gasteiger partial charge on any atom is 0.416 e. The van der Waals surface area contributed by atoms with Crippen LogP contribution in [0.15, 0.2) is 24.3 Å². The average Bonchev–Trinajstić information content (AvgIpc) is 2.39. The predicted molar refractivity (Wildman–Crippen MR) is 69.3 cm³/mol. The summed E-state index contributed by atoms with van der Waals surface area (Å²) in [5.41, 5.74) is -2.15. The molecular formula is C14H14F3NO4. The van der Waals surface area contributed by atoms with E-state index >= 15 is 0 Å². The number of carbonyl (C=O) groups excluding carboxylic acids is 1. The van der Waals surface area contributed by atoms with Gasteiger partial charge in [0.25, 0.3) is 5.91 Å². The Labute approximate surface area is 124 Å². The van der Waals surface area contributed by atoms with Crippen molar-refractivity contribution in [2.24, 2.45) is 0 Å². The smallest absolute Gasteiger partial charge is 0.416 e. The lowest BCUT2D eigenvalue weighted by atomic mass is 9.77. The molecule has 1 aliphatic carbocycles. The number of ether oxygens (including phenoxy) is 1. The van der Waals surface area contributed by atoms with Crippen LogP contribution in [0.4, 0.5) is 13.2 Å². The zero-order chi connectivity index (χ0) is 16.4. The molecule has 8 heteroatoms. The number of rotatable bonds is 5. The third-order valence-corrected chi connectivity index (χ3v) is 3.53. The number of carboxylic acid groups (broad SMARTS) is 1. The first kappa shape index (κ1) is 16.1. The number of carboxylic acids is 1. The lowest BCUT2D eigenvalue weighted by molar-refractivity contribution is -0.152. The van der Waals surface area contributed by atoms with Crippen LogP contribution in [0.3, 0.4) is 0 Å². The second-order valence-corrected chi connectivity index (χ2v) is 5.10. The molecule has 2 N–H and O–H groups in total. The van der Waals surface area contributed by atoms with Crippen LogP contribution < -0.4 is 10.1 Å². The molecule has 1 saturated carbocycles. The van der Waals surface area contributed by atoms with Gasteiger partial charge in [-0.05, 0) is 37.5 Å². The molecule has 1 amide bonds. The molecule has 0 atom stereocenters. The van der Waals surface area contributed by atoms with Crippen LogP contribution in [-0.4, -0.2) is 29.1 Å². The Balaban J connectivity index is 1.93. The molecule has 0 heterocycles. The van der Waals surface area contributed by atoms with E-state index in [1.54, 1.807) is 0 Å². The maximum atomic E-state index is 12.5. The van der Waals surface area contributed by atoms with Crippen molar-refractivity contribution in [3.8, 4) is 5.75 Å². The monoisotopic (exact) mass is 317 g/mol. The average molecular weight is 317 g/mol.